The highest BCUT2D eigenvalue weighted by atomic mass is 16.3. The largest absolute Gasteiger partial charge is 0.389 e. The fourth-order valence-corrected chi connectivity index (χ4v) is 2.17. The van der Waals surface area contributed by atoms with Gasteiger partial charge in [-0.15, -0.1) is 0 Å². The van der Waals surface area contributed by atoms with Crippen LogP contribution < -0.4 is 5.32 Å². The smallest absolute Gasteiger partial charge is 0.0772 e. The summed E-state index contributed by atoms with van der Waals surface area (Å²) in [6, 6.07) is 0. The van der Waals surface area contributed by atoms with E-state index in [1.165, 1.54) is 5.57 Å². The summed E-state index contributed by atoms with van der Waals surface area (Å²) in [6.07, 6.45) is 5.11. The molecule has 0 spiro atoms. The number of aliphatic hydroxyl groups is 1. The van der Waals surface area contributed by atoms with Gasteiger partial charge in [0.1, 0.15) is 0 Å². The topological polar surface area (TPSA) is 32.3 Å². The molecule has 1 aliphatic carbocycles. The molecule has 1 rings (SSSR count). The summed E-state index contributed by atoms with van der Waals surface area (Å²) < 4.78 is 0. The monoisotopic (exact) mass is 225 g/mol. The summed E-state index contributed by atoms with van der Waals surface area (Å²) in [5.41, 5.74) is 1.14. The summed E-state index contributed by atoms with van der Waals surface area (Å²) >= 11 is 0. The predicted molar refractivity (Wildman–Crippen MR) is 69.5 cm³/mol. The van der Waals surface area contributed by atoms with Crippen LogP contribution in [0.3, 0.4) is 0 Å². The Kier molecular flexibility index (Phi) is 4.57. The summed E-state index contributed by atoms with van der Waals surface area (Å²) in [4.78, 5) is 0. The number of hydrogen-bond donors (Lipinski definition) is 2. The molecular weight excluding hydrogens is 198 g/mol. The fourth-order valence-electron chi connectivity index (χ4n) is 2.17. The van der Waals surface area contributed by atoms with Crippen LogP contribution in [0.25, 0.3) is 0 Å². The Morgan fingerprint density at radius 3 is 2.31 bits per heavy atom. The van der Waals surface area contributed by atoms with Crippen LogP contribution in [0.4, 0.5) is 0 Å². The van der Waals surface area contributed by atoms with Crippen LogP contribution in [0.5, 0.6) is 0 Å². The zero-order valence-corrected chi connectivity index (χ0v) is 11.1. The van der Waals surface area contributed by atoms with E-state index in [1.807, 2.05) is 0 Å². The van der Waals surface area contributed by atoms with Gasteiger partial charge in [-0.05, 0) is 37.5 Å². The summed E-state index contributed by atoms with van der Waals surface area (Å²) in [5.74, 6) is 0. The quantitative estimate of drug-likeness (QED) is 0.705. The third kappa shape index (κ3) is 4.26. The van der Waals surface area contributed by atoms with E-state index >= 15 is 0 Å². The van der Waals surface area contributed by atoms with Crippen LogP contribution in [-0.2, 0) is 0 Å². The predicted octanol–water partition coefficient (Wildman–Crippen LogP) is 2.87. The average Bonchev–Trinajstić information content (AvgIpc) is 2.23. The van der Waals surface area contributed by atoms with Crippen LogP contribution in [0.15, 0.2) is 12.2 Å². The molecule has 0 aromatic heterocycles. The van der Waals surface area contributed by atoms with Crippen LogP contribution in [0.2, 0.25) is 0 Å². The van der Waals surface area contributed by atoms with Gasteiger partial charge in [0.15, 0.2) is 0 Å². The number of nitrogens with one attached hydrogen (secondary N) is 1. The van der Waals surface area contributed by atoms with Gasteiger partial charge < -0.3 is 10.4 Å². The molecular formula is C14H27NO. The van der Waals surface area contributed by atoms with Crippen molar-refractivity contribution in [2.45, 2.75) is 58.5 Å². The van der Waals surface area contributed by atoms with E-state index in [2.05, 4.69) is 32.7 Å². The van der Waals surface area contributed by atoms with E-state index in [0.29, 0.717) is 12.0 Å². The summed E-state index contributed by atoms with van der Waals surface area (Å²) in [5, 5.41) is 13.7. The second-order valence-corrected chi connectivity index (χ2v) is 6.10. The Morgan fingerprint density at radius 1 is 1.25 bits per heavy atom. The lowest BCUT2D eigenvalue weighted by atomic mass is 9.71. The Labute approximate surface area is 100 Å². The van der Waals surface area contributed by atoms with Crippen molar-refractivity contribution in [1.29, 1.82) is 0 Å². The molecule has 1 saturated carbocycles. The van der Waals surface area contributed by atoms with Gasteiger partial charge in [-0.25, -0.2) is 0 Å². The van der Waals surface area contributed by atoms with E-state index < -0.39 is 5.60 Å². The molecule has 1 fully saturated rings. The third-order valence-electron chi connectivity index (χ3n) is 3.86. The van der Waals surface area contributed by atoms with Gasteiger partial charge in [0.2, 0.25) is 0 Å². The Hall–Kier alpha value is -0.340. The Bertz CT molecular complexity index is 235. The highest BCUT2D eigenvalue weighted by molar-refractivity contribution is 4.97. The molecule has 2 nitrogen and oxygen atoms in total. The van der Waals surface area contributed by atoms with Crippen molar-refractivity contribution in [3.8, 4) is 0 Å². The highest BCUT2D eigenvalue weighted by Crippen LogP contribution is 2.39. The maximum absolute atomic E-state index is 10.4. The molecule has 0 heterocycles. The van der Waals surface area contributed by atoms with Crippen LogP contribution >= 0.6 is 0 Å². The van der Waals surface area contributed by atoms with E-state index in [-0.39, 0.29) is 0 Å². The van der Waals surface area contributed by atoms with E-state index in [9.17, 15) is 5.11 Å². The molecule has 0 amide bonds. The zero-order valence-electron chi connectivity index (χ0n) is 11.1. The number of rotatable bonds is 5. The van der Waals surface area contributed by atoms with Gasteiger partial charge in [-0.1, -0.05) is 32.9 Å². The first-order valence-corrected chi connectivity index (χ1v) is 6.47. The molecule has 0 unspecified atom stereocenters. The van der Waals surface area contributed by atoms with Crippen LogP contribution in [0.1, 0.15) is 52.9 Å². The normalized spacial score (nSPS) is 23.0. The molecule has 0 aliphatic heterocycles. The maximum Gasteiger partial charge on any atom is 0.0772 e. The van der Waals surface area contributed by atoms with E-state index in [0.717, 1.165) is 38.6 Å². The van der Waals surface area contributed by atoms with Crippen molar-refractivity contribution >= 4 is 0 Å². The lowest BCUT2D eigenvalue weighted by Crippen LogP contribution is -2.45. The lowest BCUT2D eigenvalue weighted by molar-refractivity contribution is -0.0237. The molecule has 0 aromatic carbocycles. The van der Waals surface area contributed by atoms with E-state index in [4.69, 9.17) is 0 Å². The SMILES string of the molecule is C=C(CC)CNCC1(O)CCC(C)(C)CC1. The zero-order chi connectivity index (χ0) is 12.2. The van der Waals surface area contributed by atoms with Crippen LogP contribution in [0, 0.1) is 5.41 Å². The fraction of sp³-hybridized carbons (Fsp3) is 0.857. The van der Waals surface area contributed by atoms with Crippen molar-refractivity contribution in [3.05, 3.63) is 12.2 Å². The molecule has 0 saturated heterocycles. The summed E-state index contributed by atoms with van der Waals surface area (Å²) in [6.45, 7) is 12.2. The molecule has 2 heteroatoms. The van der Waals surface area contributed by atoms with Crippen molar-refractivity contribution < 1.29 is 5.11 Å². The molecule has 0 radical (unpaired) electrons. The van der Waals surface area contributed by atoms with Gasteiger partial charge in [0.25, 0.3) is 0 Å². The van der Waals surface area contributed by atoms with Gasteiger partial charge in [-0.2, -0.15) is 0 Å². The molecule has 1 aliphatic rings. The van der Waals surface area contributed by atoms with E-state index in [1.54, 1.807) is 0 Å². The lowest BCUT2D eigenvalue weighted by Gasteiger charge is -2.40. The standard InChI is InChI=1S/C14H27NO/c1-5-12(2)10-15-11-14(16)8-6-13(3,4)7-9-14/h15-16H,2,5-11H2,1,3-4H3. The van der Waals surface area contributed by atoms with Gasteiger partial charge in [-0.3, -0.25) is 0 Å². The molecule has 94 valence electrons. The minimum Gasteiger partial charge on any atom is -0.389 e. The molecule has 0 aromatic rings. The van der Waals surface area contributed by atoms with Gasteiger partial charge in [0.05, 0.1) is 5.60 Å². The van der Waals surface area contributed by atoms with Crippen molar-refractivity contribution in [3.63, 3.8) is 0 Å². The molecule has 0 atom stereocenters. The Morgan fingerprint density at radius 2 is 1.81 bits per heavy atom. The second-order valence-electron chi connectivity index (χ2n) is 6.10. The molecule has 16 heavy (non-hydrogen) atoms. The number of hydrogen-bond acceptors (Lipinski definition) is 2. The molecule has 2 N–H and O–H groups in total. The minimum absolute atomic E-state index is 0.416. The minimum atomic E-state index is -0.483. The molecule has 0 bridgehead atoms. The first-order chi connectivity index (χ1) is 7.37. The third-order valence-corrected chi connectivity index (χ3v) is 3.86. The average molecular weight is 225 g/mol. The summed E-state index contributed by atoms with van der Waals surface area (Å²) in [7, 11) is 0. The first kappa shape index (κ1) is 13.7. The van der Waals surface area contributed by atoms with Crippen LogP contribution in [-0.4, -0.2) is 23.8 Å². The van der Waals surface area contributed by atoms with Crippen molar-refractivity contribution in [2.75, 3.05) is 13.1 Å². The van der Waals surface area contributed by atoms with Crippen molar-refractivity contribution in [1.82, 2.24) is 5.32 Å². The van der Waals surface area contributed by atoms with Crippen molar-refractivity contribution in [2.24, 2.45) is 5.41 Å². The maximum atomic E-state index is 10.4. The highest BCUT2D eigenvalue weighted by Gasteiger charge is 2.36. The Balaban J connectivity index is 2.29. The van der Waals surface area contributed by atoms with Gasteiger partial charge in [0, 0.05) is 13.1 Å². The second kappa shape index (κ2) is 5.33. The first-order valence-electron chi connectivity index (χ1n) is 6.47. The van der Waals surface area contributed by atoms with Gasteiger partial charge >= 0.3 is 0 Å².